The number of aromatic nitrogens is 4. The lowest BCUT2D eigenvalue weighted by Gasteiger charge is -2.23. The summed E-state index contributed by atoms with van der Waals surface area (Å²) in [6.45, 7) is 0.0899. The predicted octanol–water partition coefficient (Wildman–Crippen LogP) is 1.21. The summed E-state index contributed by atoms with van der Waals surface area (Å²) < 4.78 is 36.1. The van der Waals surface area contributed by atoms with E-state index in [2.05, 4.69) is 20.4 Å². The van der Waals surface area contributed by atoms with Gasteiger partial charge in [-0.05, 0) is 12.5 Å². The van der Waals surface area contributed by atoms with E-state index in [1.807, 2.05) is 0 Å². The average molecular weight is 367 g/mol. The van der Waals surface area contributed by atoms with Crippen LogP contribution in [0, 0.1) is 0 Å². The molecule has 1 amide bonds. The fourth-order valence-electron chi connectivity index (χ4n) is 2.72. The standard InChI is InChI=1S/C16H19F2N5O3/c1-25-9-13-21-14-3-2-11(7-23(14)22-13)20-16(24)10-4-5-19-15(6-10)26-8-12(17)18/h4-6,11-12H,2-3,7-9H2,1H3,(H,20,24). The number of alkyl halides is 2. The molecule has 26 heavy (non-hydrogen) atoms. The molecule has 0 radical (unpaired) electrons. The van der Waals surface area contributed by atoms with Gasteiger partial charge in [-0.2, -0.15) is 5.10 Å². The molecular formula is C16H19F2N5O3. The Morgan fingerprint density at radius 2 is 2.35 bits per heavy atom. The Hall–Kier alpha value is -2.62. The normalized spacial score (nSPS) is 16.4. The molecule has 0 saturated heterocycles. The molecule has 0 fully saturated rings. The molecule has 1 atom stereocenters. The Kier molecular flexibility index (Phi) is 5.71. The number of nitrogens with zero attached hydrogens (tertiary/aromatic N) is 4. The monoisotopic (exact) mass is 367 g/mol. The summed E-state index contributed by atoms with van der Waals surface area (Å²) in [5.74, 6) is 1.16. The van der Waals surface area contributed by atoms with E-state index >= 15 is 0 Å². The van der Waals surface area contributed by atoms with Gasteiger partial charge in [0.15, 0.2) is 12.4 Å². The molecule has 10 heteroatoms. The van der Waals surface area contributed by atoms with Gasteiger partial charge in [0.1, 0.15) is 12.4 Å². The van der Waals surface area contributed by atoms with Gasteiger partial charge in [0.05, 0.1) is 6.54 Å². The summed E-state index contributed by atoms with van der Waals surface area (Å²) in [4.78, 5) is 20.6. The first-order valence-corrected chi connectivity index (χ1v) is 8.14. The summed E-state index contributed by atoms with van der Waals surface area (Å²) in [6, 6.07) is 2.74. The number of methoxy groups -OCH3 is 1. The fourth-order valence-corrected chi connectivity index (χ4v) is 2.72. The van der Waals surface area contributed by atoms with Crippen molar-refractivity contribution in [2.45, 2.75) is 38.5 Å². The number of hydrogen-bond acceptors (Lipinski definition) is 6. The van der Waals surface area contributed by atoms with Crippen molar-refractivity contribution in [3.63, 3.8) is 0 Å². The summed E-state index contributed by atoms with van der Waals surface area (Å²) in [5, 5.41) is 7.27. The zero-order valence-electron chi connectivity index (χ0n) is 14.2. The second-order valence-corrected chi connectivity index (χ2v) is 5.85. The van der Waals surface area contributed by atoms with Gasteiger partial charge >= 0.3 is 0 Å². The molecule has 2 aromatic rings. The Morgan fingerprint density at radius 3 is 3.12 bits per heavy atom. The number of aryl methyl sites for hydroxylation is 1. The van der Waals surface area contributed by atoms with Crippen LogP contribution in [0.25, 0.3) is 0 Å². The highest BCUT2D eigenvalue weighted by Gasteiger charge is 2.23. The third kappa shape index (κ3) is 4.51. The fraction of sp³-hybridized carbons (Fsp3) is 0.500. The number of carbonyl (C=O) groups is 1. The number of pyridine rings is 1. The van der Waals surface area contributed by atoms with Gasteiger partial charge in [0.25, 0.3) is 12.3 Å². The number of carbonyl (C=O) groups excluding carboxylic acids is 1. The minimum absolute atomic E-state index is 0.00985. The number of fused-ring (bicyclic) bond motifs is 1. The maximum atomic E-state index is 12.4. The zero-order chi connectivity index (χ0) is 18.5. The molecule has 0 spiro atoms. The van der Waals surface area contributed by atoms with Crippen LogP contribution in [0.2, 0.25) is 0 Å². The number of halogens is 2. The SMILES string of the molecule is COCc1nc2n(n1)CC(NC(=O)c1ccnc(OCC(F)F)c1)CC2. The molecule has 140 valence electrons. The van der Waals surface area contributed by atoms with Gasteiger partial charge < -0.3 is 14.8 Å². The van der Waals surface area contributed by atoms with Crippen LogP contribution in [-0.2, 0) is 24.3 Å². The lowest BCUT2D eigenvalue weighted by Crippen LogP contribution is -2.41. The second kappa shape index (κ2) is 8.17. The molecule has 0 bridgehead atoms. The van der Waals surface area contributed by atoms with Crippen molar-refractivity contribution in [2.75, 3.05) is 13.7 Å². The van der Waals surface area contributed by atoms with Gasteiger partial charge in [-0.1, -0.05) is 0 Å². The lowest BCUT2D eigenvalue weighted by atomic mass is 10.1. The molecule has 2 aromatic heterocycles. The highest BCUT2D eigenvalue weighted by Crippen LogP contribution is 2.15. The van der Waals surface area contributed by atoms with Gasteiger partial charge in [0.2, 0.25) is 5.88 Å². The first kappa shape index (κ1) is 18.2. The highest BCUT2D eigenvalue weighted by molar-refractivity contribution is 5.94. The third-order valence-corrected chi connectivity index (χ3v) is 3.86. The molecule has 8 nitrogen and oxygen atoms in total. The highest BCUT2D eigenvalue weighted by atomic mass is 19.3. The van der Waals surface area contributed by atoms with Crippen molar-refractivity contribution in [3.8, 4) is 5.88 Å². The van der Waals surface area contributed by atoms with Crippen molar-refractivity contribution >= 4 is 5.91 Å². The minimum Gasteiger partial charge on any atom is -0.472 e. The summed E-state index contributed by atoms with van der Waals surface area (Å²) in [5.41, 5.74) is 0.300. The smallest absolute Gasteiger partial charge is 0.272 e. The molecule has 1 aliphatic rings. The summed E-state index contributed by atoms with van der Waals surface area (Å²) >= 11 is 0. The first-order valence-electron chi connectivity index (χ1n) is 8.14. The molecule has 3 heterocycles. The van der Waals surface area contributed by atoms with Gasteiger partial charge in [-0.15, -0.1) is 0 Å². The molecule has 3 rings (SSSR count). The van der Waals surface area contributed by atoms with E-state index in [9.17, 15) is 13.6 Å². The van der Waals surface area contributed by atoms with E-state index < -0.39 is 13.0 Å². The van der Waals surface area contributed by atoms with Crippen molar-refractivity contribution in [3.05, 3.63) is 35.5 Å². The largest absolute Gasteiger partial charge is 0.472 e. The van der Waals surface area contributed by atoms with Crippen LogP contribution in [-0.4, -0.2) is 51.8 Å². The maximum absolute atomic E-state index is 12.4. The average Bonchev–Trinajstić information content (AvgIpc) is 3.02. The first-order chi connectivity index (χ1) is 12.5. The van der Waals surface area contributed by atoms with Crippen molar-refractivity contribution in [1.82, 2.24) is 25.1 Å². The van der Waals surface area contributed by atoms with Crippen LogP contribution in [0.4, 0.5) is 8.78 Å². The van der Waals surface area contributed by atoms with Crippen LogP contribution in [0.15, 0.2) is 18.3 Å². The number of amides is 1. The van der Waals surface area contributed by atoms with Gasteiger partial charge in [-0.25, -0.2) is 23.4 Å². The van der Waals surface area contributed by atoms with Crippen LogP contribution in [0.1, 0.15) is 28.4 Å². The van der Waals surface area contributed by atoms with Crippen molar-refractivity contribution < 1.29 is 23.0 Å². The molecule has 1 unspecified atom stereocenters. The summed E-state index contributed by atoms with van der Waals surface area (Å²) in [7, 11) is 1.58. The van der Waals surface area contributed by atoms with Crippen LogP contribution in [0.3, 0.4) is 0 Å². The Labute approximate surface area is 148 Å². The lowest BCUT2D eigenvalue weighted by molar-refractivity contribution is 0.0794. The van der Waals surface area contributed by atoms with Crippen LogP contribution in [0.5, 0.6) is 5.88 Å². The topological polar surface area (TPSA) is 91.2 Å². The second-order valence-electron chi connectivity index (χ2n) is 5.85. The molecule has 0 aliphatic carbocycles. The van der Waals surface area contributed by atoms with Crippen molar-refractivity contribution in [1.29, 1.82) is 0 Å². The van der Waals surface area contributed by atoms with Crippen LogP contribution < -0.4 is 10.1 Å². The van der Waals surface area contributed by atoms with E-state index in [1.165, 1.54) is 18.3 Å². The summed E-state index contributed by atoms with van der Waals surface area (Å²) in [6.07, 6.45) is 0.178. The molecule has 1 aliphatic heterocycles. The Balaban J connectivity index is 1.60. The van der Waals surface area contributed by atoms with E-state index in [-0.39, 0.29) is 17.8 Å². The van der Waals surface area contributed by atoms with Crippen LogP contribution >= 0.6 is 0 Å². The quantitative estimate of drug-likeness (QED) is 0.791. The third-order valence-electron chi connectivity index (χ3n) is 3.86. The molecule has 1 N–H and O–H groups in total. The molecular weight excluding hydrogens is 348 g/mol. The zero-order valence-corrected chi connectivity index (χ0v) is 14.2. The Morgan fingerprint density at radius 1 is 1.50 bits per heavy atom. The van der Waals surface area contributed by atoms with Crippen molar-refractivity contribution in [2.24, 2.45) is 0 Å². The van der Waals surface area contributed by atoms with E-state index in [1.54, 1.807) is 11.8 Å². The van der Waals surface area contributed by atoms with Gasteiger partial charge in [-0.3, -0.25) is 4.79 Å². The number of ether oxygens (including phenoxy) is 2. The maximum Gasteiger partial charge on any atom is 0.272 e. The molecule has 0 saturated carbocycles. The number of nitrogens with one attached hydrogen (secondary N) is 1. The minimum atomic E-state index is -2.60. The van der Waals surface area contributed by atoms with E-state index in [4.69, 9.17) is 9.47 Å². The number of rotatable bonds is 7. The Bertz CT molecular complexity index is 768. The predicted molar refractivity (Wildman–Crippen MR) is 86.0 cm³/mol. The number of hydrogen-bond donors (Lipinski definition) is 1. The van der Waals surface area contributed by atoms with Gasteiger partial charge in [0, 0.05) is 37.4 Å². The van der Waals surface area contributed by atoms with E-state index in [0.717, 1.165) is 12.2 Å². The molecule has 0 aromatic carbocycles. The van der Waals surface area contributed by atoms with E-state index in [0.29, 0.717) is 31.0 Å².